The lowest BCUT2D eigenvalue weighted by Gasteiger charge is -2.13. The van der Waals surface area contributed by atoms with E-state index in [-0.39, 0.29) is 25.0 Å². The molecule has 154 valence electrons. The van der Waals surface area contributed by atoms with E-state index in [0.717, 1.165) is 5.56 Å². The second-order valence-corrected chi connectivity index (χ2v) is 6.30. The van der Waals surface area contributed by atoms with E-state index in [1.807, 2.05) is 37.3 Å². The minimum atomic E-state index is -0.283. The number of amides is 2. The maximum Gasteiger partial charge on any atom is 0.258 e. The molecule has 3 rings (SSSR count). The Labute approximate surface area is 175 Å². The van der Waals surface area contributed by atoms with Crippen molar-refractivity contribution in [1.29, 1.82) is 0 Å². The summed E-state index contributed by atoms with van der Waals surface area (Å²) in [7, 11) is 0. The number of benzene rings is 2. The van der Waals surface area contributed by atoms with E-state index in [0.29, 0.717) is 29.4 Å². The van der Waals surface area contributed by atoms with Crippen molar-refractivity contribution in [2.45, 2.75) is 13.5 Å². The highest BCUT2D eigenvalue weighted by molar-refractivity contribution is 6.04. The molecule has 7 nitrogen and oxygen atoms in total. The molecule has 2 N–H and O–H groups in total. The molecule has 7 heteroatoms. The predicted molar refractivity (Wildman–Crippen MR) is 114 cm³/mol. The predicted octanol–water partition coefficient (Wildman–Crippen LogP) is 3.43. The highest BCUT2D eigenvalue weighted by Gasteiger charge is 2.11. The molecule has 0 aliphatic rings. The van der Waals surface area contributed by atoms with Crippen LogP contribution in [0, 0.1) is 0 Å². The first-order valence-corrected chi connectivity index (χ1v) is 9.58. The molecule has 30 heavy (non-hydrogen) atoms. The standard InChI is InChI=1S/C23H23N3O4/c1-2-29-20-11-5-6-12-21(20)30-16-22(27)25-15-17-8-3-4-10-19(17)26-23(28)18-9-7-13-24-14-18/h3-14H,2,15-16H2,1H3,(H,25,27)(H,26,28). The number of hydrogen-bond acceptors (Lipinski definition) is 5. The van der Waals surface area contributed by atoms with Crippen molar-refractivity contribution in [1.82, 2.24) is 10.3 Å². The lowest BCUT2D eigenvalue weighted by atomic mass is 10.1. The van der Waals surface area contributed by atoms with Crippen LogP contribution in [0.4, 0.5) is 5.69 Å². The Balaban J connectivity index is 1.56. The largest absolute Gasteiger partial charge is 0.490 e. The van der Waals surface area contributed by atoms with E-state index < -0.39 is 0 Å². The third kappa shape index (κ3) is 5.81. The average molecular weight is 405 g/mol. The molecule has 0 aliphatic carbocycles. The molecule has 0 bridgehead atoms. The topological polar surface area (TPSA) is 89.5 Å². The van der Waals surface area contributed by atoms with Gasteiger partial charge in [0.1, 0.15) is 0 Å². The van der Waals surface area contributed by atoms with Gasteiger partial charge in [0.05, 0.1) is 12.2 Å². The van der Waals surface area contributed by atoms with E-state index in [4.69, 9.17) is 9.47 Å². The zero-order valence-electron chi connectivity index (χ0n) is 16.6. The van der Waals surface area contributed by atoms with Crippen molar-refractivity contribution in [2.24, 2.45) is 0 Å². The quantitative estimate of drug-likeness (QED) is 0.569. The Morgan fingerprint density at radius 2 is 1.67 bits per heavy atom. The molecule has 0 fully saturated rings. The number of anilines is 1. The first kappa shape index (κ1) is 20.9. The minimum Gasteiger partial charge on any atom is -0.490 e. The zero-order valence-corrected chi connectivity index (χ0v) is 16.6. The number of nitrogens with one attached hydrogen (secondary N) is 2. The number of para-hydroxylation sites is 3. The first-order chi connectivity index (χ1) is 14.7. The summed E-state index contributed by atoms with van der Waals surface area (Å²) in [6, 6.07) is 17.9. The average Bonchev–Trinajstić information content (AvgIpc) is 2.78. The molecule has 0 unspecified atom stereocenters. The van der Waals surface area contributed by atoms with Gasteiger partial charge in [0.15, 0.2) is 18.1 Å². The van der Waals surface area contributed by atoms with E-state index in [1.165, 1.54) is 6.20 Å². The van der Waals surface area contributed by atoms with Gasteiger partial charge in [-0.1, -0.05) is 30.3 Å². The summed E-state index contributed by atoms with van der Waals surface area (Å²) in [5.41, 5.74) is 1.85. The third-order valence-electron chi connectivity index (χ3n) is 4.17. The third-order valence-corrected chi connectivity index (χ3v) is 4.17. The molecular formula is C23H23N3O4. The van der Waals surface area contributed by atoms with E-state index >= 15 is 0 Å². The summed E-state index contributed by atoms with van der Waals surface area (Å²) in [4.78, 5) is 28.6. The van der Waals surface area contributed by atoms with Gasteiger partial charge in [-0.15, -0.1) is 0 Å². The lowest BCUT2D eigenvalue weighted by Crippen LogP contribution is -2.29. The number of carbonyl (C=O) groups excluding carboxylic acids is 2. The summed E-state index contributed by atoms with van der Waals surface area (Å²) in [6.45, 7) is 2.50. The molecule has 2 amide bonds. The first-order valence-electron chi connectivity index (χ1n) is 9.58. The summed E-state index contributed by atoms with van der Waals surface area (Å²) in [5.74, 6) is 0.558. The fraction of sp³-hybridized carbons (Fsp3) is 0.174. The Hall–Kier alpha value is -3.87. The summed E-state index contributed by atoms with van der Waals surface area (Å²) in [6.07, 6.45) is 3.10. The van der Waals surface area contributed by atoms with Gasteiger partial charge in [0.25, 0.3) is 11.8 Å². The molecule has 3 aromatic rings. The van der Waals surface area contributed by atoms with Gasteiger partial charge in [0, 0.05) is 24.6 Å². The smallest absolute Gasteiger partial charge is 0.258 e. The van der Waals surface area contributed by atoms with Crippen molar-refractivity contribution in [3.8, 4) is 11.5 Å². The summed E-state index contributed by atoms with van der Waals surface area (Å²) in [5, 5.41) is 5.66. The Kier molecular flexibility index (Phi) is 7.38. The molecule has 0 saturated carbocycles. The van der Waals surface area contributed by atoms with Gasteiger partial charge in [-0.3, -0.25) is 14.6 Å². The van der Waals surface area contributed by atoms with Crippen LogP contribution in [0.2, 0.25) is 0 Å². The van der Waals surface area contributed by atoms with Crippen molar-refractivity contribution in [3.63, 3.8) is 0 Å². The van der Waals surface area contributed by atoms with Crippen LogP contribution >= 0.6 is 0 Å². The van der Waals surface area contributed by atoms with Crippen molar-refractivity contribution in [2.75, 3.05) is 18.5 Å². The Bertz CT molecular complexity index is 993. The van der Waals surface area contributed by atoms with Gasteiger partial charge in [0.2, 0.25) is 0 Å². The number of rotatable bonds is 9. The van der Waals surface area contributed by atoms with Crippen LogP contribution in [-0.4, -0.2) is 30.0 Å². The van der Waals surface area contributed by atoms with Crippen LogP contribution in [-0.2, 0) is 11.3 Å². The second-order valence-electron chi connectivity index (χ2n) is 6.30. The van der Waals surface area contributed by atoms with Gasteiger partial charge in [-0.05, 0) is 42.8 Å². The minimum absolute atomic E-state index is 0.145. The maximum atomic E-state index is 12.4. The molecule has 0 radical (unpaired) electrons. The Morgan fingerprint density at radius 1 is 0.933 bits per heavy atom. The van der Waals surface area contributed by atoms with Crippen LogP contribution in [0.3, 0.4) is 0 Å². The Morgan fingerprint density at radius 3 is 2.40 bits per heavy atom. The van der Waals surface area contributed by atoms with Gasteiger partial charge < -0.3 is 20.1 Å². The van der Waals surface area contributed by atoms with Gasteiger partial charge >= 0.3 is 0 Å². The lowest BCUT2D eigenvalue weighted by molar-refractivity contribution is -0.123. The highest BCUT2D eigenvalue weighted by atomic mass is 16.5. The SMILES string of the molecule is CCOc1ccccc1OCC(=O)NCc1ccccc1NC(=O)c1cccnc1. The number of nitrogens with zero attached hydrogens (tertiary/aromatic N) is 1. The molecule has 0 atom stereocenters. The summed E-state index contributed by atoms with van der Waals surface area (Å²) < 4.78 is 11.1. The van der Waals surface area contributed by atoms with Gasteiger partial charge in [-0.25, -0.2) is 0 Å². The van der Waals surface area contributed by atoms with Crippen molar-refractivity contribution >= 4 is 17.5 Å². The van der Waals surface area contributed by atoms with Crippen molar-refractivity contribution < 1.29 is 19.1 Å². The molecule has 0 saturated heterocycles. The molecule has 2 aromatic carbocycles. The van der Waals surface area contributed by atoms with Crippen LogP contribution in [0.5, 0.6) is 11.5 Å². The fourth-order valence-electron chi connectivity index (χ4n) is 2.72. The monoisotopic (exact) mass is 405 g/mol. The number of aromatic nitrogens is 1. The number of carbonyl (C=O) groups is 2. The molecule has 0 aliphatic heterocycles. The van der Waals surface area contributed by atoms with E-state index in [1.54, 1.807) is 36.5 Å². The number of hydrogen-bond donors (Lipinski definition) is 2. The van der Waals surface area contributed by atoms with E-state index in [2.05, 4.69) is 15.6 Å². The highest BCUT2D eigenvalue weighted by Crippen LogP contribution is 2.26. The second kappa shape index (κ2) is 10.6. The molecular weight excluding hydrogens is 382 g/mol. The zero-order chi connectivity index (χ0) is 21.2. The van der Waals surface area contributed by atoms with Gasteiger partial charge in [-0.2, -0.15) is 0 Å². The number of ether oxygens (including phenoxy) is 2. The van der Waals surface area contributed by atoms with Crippen LogP contribution in [0.1, 0.15) is 22.8 Å². The van der Waals surface area contributed by atoms with Crippen LogP contribution in [0.15, 0.2) is 73.1 Å². The molecule has 1 heterocycles. The summed E-state index contributed by atoms with van der Waals surface area (Å²) >= 11 is 0. The normalized spacial score (nSPS) is 10.2. The van der Waals surface area contributed by atoms with Crippen molar-refractivity contribution in [3.05, 3.63) is 84.2 Å². The van der Waals surface area contributed by atoms with E-state index in [9.17, 15) is 9.59 Å². The van der Waals surface area contributed by atoms with Crippen LogP contribution < -0.4 is 20.1 Å². The maximum absolute atomic E-state index is 12.4. The number of pyridine rings is 1. The molecule has 1 aromatic heterocycles. The van der Waals surface area contributed by atoms with Crippen LogP contribution in [0.25, 0.3) is 0 Å². The molecule has 0 spiro atoms. The fourth-order valence-corrected chi connectivity index (χ4v) is 2.72.